The third-order valence-electron chi connectivity index (χ3n) is 7.51. The zero-order valence-electron chi connectivity index (χ0n) is 19.7. The van der Waals surface area contributed by atoms with E-state index in [0.717, 1.165) is 5.56 Å². The summed E-state index contributed by atoms with van der Waals surface area (Å²) < 4.78 is 6.66. The average molecular weight is 458 g/mol. The van der Waals surface area contributed by atoms with Crippen LogP contribution in [0.4, 0.5) is 0 Å². The van der Waals surface area contributed by atoms with Crippen LogP contribution in [0.1, 0.15) is 52.0 Å². The third-order valence-corrected chi connectivity index (χ3v) is 7.51. The van der Waals surface area contributed by atoms with Crippen molar-refractivity contribution in [2.45, 2.75) is 76.3 Å². The van der Waals surface area contributed by atoms with E-state index in [0.29, 0.717) is 32.2 Å². The molecule has 1 aromatic carbocycles. The van der Waals surface area contributed by atoms with Gasteiger partial charge in [0.15, 0.2) is 0 Å². The lowest BCUT2D eigenvalue weighted by Gasteiger charge is -2.34. The molecular formula is C25H35N3O5. The lowest BCUT2D eigenvalue weighted by molar-refractivity contribution is -0.148. The maximum absolute atomic E-state index is 13.7. The number of amides is 3. The van der Waals surface area contributed by atoms with Crippen molar-refractivity contribution >= 4 is 17.7 Å². The fraction of sp³-hybridized carbons (Fsp3) is 0.640. The van der Waals surface area contributed by atoms with E-state index in [1.54, 1.807) is 4.90 Å². The number of carbonyl (C=O) groups is 3. The Morgan fingerprint density at radius 2 is 1.94 bits per heavy atom. The zero-order chi connectivity index (χ0) is 23.8. The predicted octanol–water partition coefficient (Wildman–Crippen LogP) is 1.36. The normalized spacial score (nSPS) is 32.3. The maximum Gasteiger partial charge on any atom is 0.246 e. The summed E-state index contributed by atoms with van der Waals surface area (Å²) in [5, 5.41) is 15.3. The molecule has 2 unspecified atom stereocenters. The summed E-state index contributed by atoms with van der Waals surface area (Å²) in [4.78, 5) is 42.1. The van der Waals surface area contributed by atoms with Crippen LogP contribution in [-0.4, -0.2) is 64.2 Å². The monoisotopic (exact) mass is 457 g/mol. The van der Waals surface area contributed by atoms with Gasteiger partial charge in [0.2, 0.25) is 17.7 Å². The Balaban J connectivity index is 1.67. The summed E-state index contributed by atoms with van der Waals surface area (Å²) in [6.45, 7) is 6.28. The zero-order valence-corrected chi connectivity index (χ0v) is 19.7. The molecule has 0 saturated carbocycles. The van der Waals surface area contributed by atoms with E-state index in [1.807, 2.05) is 51.1 Å². The van der Waals surface area contributed by atoms with Gasteiger partial charge >= 0.3 is 0 Å². The van der Waals surface area contributed by atoms with E-state index in [9.17, 15) is 19.5 Å². The van der Waals surface area contributed by atoms with E-state index in [1.165, 1.54) is 0 Å². The van der Waals surface area contributed by atoms with Gasteiger partial charge in [-0.05, 0) is 45.1 Å². The van der Waals surface area contributed by atoms with Crippen LogP contribution in [0.15, 0.2) is 30.3 Å². The Bertz CT molecular complexity index is 907. The highest BCUT2D eigenvalue weighted by molar-refractivity contribution is 5.99. The molecule has 3 heterocycles. The first kappa shape index (κ1) is 23.7. The van der Waals surface area contributed by atoms with E-state index >= 15 is 0 Å². The lowest BCUT2D eigenvalue weighted by Crippen LogP contribution is -2.56. The molecule has 5 atom stereocenters. The number of carbonyl (C=O) groups excluding carboxylic acids is 3. The van der Waals surface area contributed by atoms with Crippen LogP contribution in [0, 0.1) is 11.8 Å². The van der Waals surface area contributed by atoms with Gasteiger partial charge in [-0.2, -0.15) is 0 Å². The van der Waals surface area contributed by atoms with Gasteiger partial charge in [-0.15, -0.1) is 0 Å². The van der Waals surface area contributed by atoms with Crippen molar-refractivity contribution in [3.63, 3.8) is 0 Å². The molecule has 4 rings (SSSR count). The first-order chi connectivity index (χ1) is 15.8. The molecule has 3 fully saturated rings. The molecule has 8 nitrogen and oxygen atoms in total. The van der Waals surface area contributed by atoms with Gasteiger partial charge in [0.25, 0.3) is 0 Å². The number of hydrogen-bond donors (Lipinski definition) is 3. The number of likely N-dealkylation sites (tertiary alicyclic amines) is 1. The summed E-state index contributed by atoms with van der Waals surface area (Å²) in [5.74, 6) is -2.03. The molecule has 3 amide bonds. The topological polar surface area (TPSA) is 108 Å². The first-order valence-electron chi connectivity index (χ1n) is 12.0. The molecule has 3 N–H and O–H groups in total. The second-order valence-electron chi connectivity index (χ2n) is 9.81. The second kappa shape index (κ2) is 9.06. The molecule has 0 aromatic heterocycles. The second-order valence-corrected chi connectivity index (χ2v) is 9.81. The summed E-state index contributed by atoms with van der Waals surface area (Å²) in [6.07, 6.45) is 2.16. The van der Waals surface area contributed by atoms with Crippen molar-refractivity contribution in [3.8, 4) is 0 Å². The Morgan fingerprint density at radius 1 is 1.21 bits per heavy atom. The van der Waals surface area contributed by atoms with E-state index < -0.39 is 29.1 Å². The first-order valence-corrected chi connectivity index (χ1v) is 12.0. The van der Waals surface area contributed by atoms with Crippen molar-refractivity contribution in [2.75, 3.05) is 13.2 Å². The third kappa shape index (κ3) is 3.83. The molecule has 1 spiro atoms. The number of ether oxygens (including phenoxy) is 1. The van der Waals surface area contributed by atoms with Gasteiger partial charge in [0.05, 0.1) is 17.4 Å². The Hall–Kier alpha value is -2.45. The van der Waals surface area contributed by atoms with E-state index in [2.05, 4.69) is 10.6 Å². The van der Waals surface area contributed by atoms with E-state index in [4.69, 9.17) is 4.74 Å². The summed E-state index contributed by atoms with van der Waals surface area (Å²) in [5.41, 5.74) is -0.789. The molecule has 3 saturated heterocycles. The van der Waals surface area contributed by atoms with Crippen LogP contribution in [0.25, 0.3) is 0 Å². The molecule has 2 bridgehead atoms. The van der Waals surface area contributed by atoms with Crippen molar-refractivity contribution < 1.29 is 24.2 Å². The standard InChI is InChI=1S/C25H35N3O5/c1-4-24-11-12-25(33-24)19(18(24)21(30)26-15-17-9-6-5-7-10-17)23(32)28(13-8-14-29)20(25)22(31)27-16(2)3/h5-7,9-10,16,18-20,29H,4,8,11-15H2,1-3H3,(H,26,30)(H,27,31)/t18-,19+,20?,24+,25?/m1/s1. The van der Waals surface area contributed by atoms with Crippen LogP contribution in [0.3, 0.4) is 0 Å². The fourth-order valence-corrected chi connectivity index (χ4v) is 6.16. The van der Waals surface area contributed by atoms with Crippen molar-refractivity contribution in [2.24, 2.45) is 11.8 Å². The smallest absolute Gasteiger partial charge is 0.246 e. The molecule has 3 aliphatic rings. The number of benzene rings is 1. The molecule has 180 valence electrons. The summed E-state index contributed by atoms with van der Waals surface area (Å²) in [7, 11) is 0. The van der Waals surface area contributed by atoms with Crippen LogP contribution < -0.4 is 10.6 Å². The van der Waals surface area contributed by atoms with Crippen LogP contribution in [0.2, 0.25) is 0 Å². The predicted molar refractivity (Wildman–Crippen MR) is 122 cm³/mol. The Labute approximate surface area is 195 Å². The van der Waals surface area contributed by atoms with Gasteiger partial charge in [0.1, 0.15) is 11.6 Å². The number of aliphatic hydroxyl groups is 1. The number of nitrogens with one attached hydrogen (secondary N) is 2. The maximum atomic E-state index is 13.7. The summed E-state index contributed by atoms with van der Waals surface area (Å²) >= 11 is 0. The number of nitrogens with zero attached hydrogens (tertiary/aromatic N) is 1. The molecule has 33 heavy (non-hydrogen) atoms. The SMILES string of the molecule is CC[C@@]12CCC3(O1)C(C(=O)NC(C)C)N(CCCO)C(=O)[C@@H]3[C@@H]2C(=O)NCc1ccccc1. The van der Waals surface area contributed by atoms with Gasteiger partial charge in [0, 0.05) is 25.7 Å². The van der Waals surface area contributed by atoms with Crippen LogP contribution >= 0.6 is 0 Å². The highest BCUT2D eigenvalue weighted by Crippen LogP contribution is 2.64. The average Bonchev–Trinajstić information content (AvgIpc) is 3.40. The highest BCUT2D eigenvalue weighted by atomic mass is 16.5. The molecule has 8 heteroatoms. The van der Waals surface area contributed by atoms with Crippen molar-refractivity contribution in [1.82, 2.24) is 15.5 Å². The fourth-order valence-electron chi connectivity index (χ4n) is 6.16. The van der Waals surface area contributed by atoms with Crippen molar-refractivity contribution in [1.29, 1.82) is 0 Å². The van der Waals surface area contributed by atoms with E-state index in [-0.39, 0.29) is 36.9 Å². The minimum Gasteiger partial charge on any atom is -0.396 e. The number of hydrogen-bond acceptors (Lipinski definition) is 5. The quantitative estimate of drug-likeness (QED) is 0.519. The van der Waals surface area contributed by atoms with Gasteiger partial charge in [-0.1, -0.05) is 37.3 Å². The van der Waals surface area contributed by atoms with Gasteiger partial charge in [-0.25, -0.2) is 0 Å². The molecule has 1 aromatic rings. The number of aliphatic hydroxyl groups excluding tert-OH is 1. The minimum absolute atomic E-state index is 0.0826. The van der Waals surface area contributed by atoms with Crippen LogP contribution in [-0.2, 0) is 25.7 Å². The number of rotatable bonds is 9. The highest BCUT2D eigenvalue weighted by Gasteiger charge is 2.78. The van der Waals surface area contributed by atoms with Gasteiger partial charge < -0.3 is 25.4 Å². The molecule has 0 radical (unpaired) electrons. The summed E-state index contributed by atoms with van der Waals surface area (Å²) in [6, 6.07) is 8.75. The van der Waals surface area contributed by atoms with Crippen LogP contribution in [0.5, 0.6) is 0 Å². The minimum atomic E-state index is -1.02. The Kier molecular flexibility index (Phi) is 6.51. The Morgan fingerprint density at radius 3 is 2.58 bits per heavy atom. The van der Waals surface area contributed by atoms with Gasteiger partial charge in [-0.3, -0.25) is 14.4 Å². The number of fused-ring (bicyclic) bond motifs is 1. The molecule has 0 aliphatic carbocycles. The van der Waals surface area contributed by atoms with Crippen molar-refractivity contribution in [3.05, 3.63) is 35.9 Å². The molecule has 3 aliphatic heterocycles. The lowest BCUT2D eigenvalue weighted by atomic mass is 9.65. The largest absolute Gasteiger partial charge is 0.396 e. The molecular weight excluding hydrogens is 422 g/mol.